The maximum atomic E-state index is 11.1. The maximum Gasteiger partial charge on any atom is 0.292 e. The summed E-state index contributed by atoms with van der Waals surface area (Å²) in [5.41, 5.74) is 1.41. The average molecular weight is 294 g/mol. The van der Waals surface area contributed by atoms with Crippen LogP contribution in [0, 0.1) is 15.5 Å². The number of hydrogen-bond acceptors (Lipinski definition) is 5. The van der Waals surface area contributed by atoms with Crippen molar-refractivity contribution in [3.05, 3.63) is 33.9 Å². The number of benzene rings is 1. The first-order valence-electron chi connectivity index (χ1n) is 7.30. The summed E-state index contributed by atoms with van der Waals surface area (Å²) < 4.78 is 5.39. The third-order valence-corrected chi connectivity index (χ3v) is 4.03. The Bertz CT molecular complexity index is 500. The molecule has 1 aliphatic rings. The Balaban J connectivity index is 2.00. The van der Waals surface area contributed by atoms with Crippen LogP contribution in [0.25, 0.3) is 0 Å². The Labute approximate surface area is 124 Å². The van der Waals surface area contributed by atoms with E-state index < -0.39 is 4.92 Å². The van der Waals surface area contributed by atoms with E-state index in [9.17, 15) is 10.1 Å². The fourth-order valence-electron chi connectivity index (χ4n) is 2.39. The molecular formula is C15H22N2O4. The first-order valence-corrected chi connectivity index (χ1v) is 7.30. The lowest BCUT2D eigenvalue weighted by Gasteiger charge is -2.17. The van der Waals surface area contributed by atoms with Crippen molar-refractivity contribution in [1.82, 2.24) is 0 Å². The summed E-state index contributed by atoms with van der Waals surface area (Å²) in [6, 6.07) is 4.66. The molecule has 0 saturated heterocycles. The van der Waals surface area contributed by atoms with E-state index in [2.05, 4.69) is 5.32 Å². The molecule has 0 radical (unpaired) electrons. The molecule has 1 aliphatic carbocycles. The highest BCUT2D eigenvalue weighted by atomic mass is 16.6. The normalized spacial score (nSPS) is 15.7. The fourth-order valence-corrected chi connectivity index (χ4v) is 2.39. The van der Waals surface area contributed by atoms with Gasteiger partial charge in [0.15, 0.2) is 0 Å². The second-order valence-electron chi connectivity index (χ2n) is 5.57. The number of aliphatic hydroxyl groups excluding tert-OH is 1. The van der Waals surface area contributed by atoms with Crippen molar-refractivity contribution in [3.63, 3.8) is 0 Å². The Kier molecular flexibility index (Phi) is 5.14. The van der Waals surface area contributed by atoms with Gasteiger partial charge in [-0.3, -0.25) is 10.1 Å². The van der Waals surface area contributed by atoms with Crippen molar-refractivity contribution in [2.24, 2.45) is 5.41 Å². The summed E-state index contributed by atoms with van der Waals surface area (Å²) in [5.74, 6) is 0. The monoisotopic (exact) mass is 294 g/mol. The quantitative estimate of drug-likeness (QED) is 0.415. The van der Waals surface area contributed by atoms with Gasteiger partial charge in [0, 0.05) is 25.8 Å². The molecule has 6 nitrogen and oxygen atoms in total. The number of nitrogens with one attached hydrogen (secondary N) is 1. The highest BCUT2D eigenvalue weighted by Crippen LogP contribution is 2.49. The van der Waals surface area contributed by atoms with Crippen LogP contribution < -0.4 is 5.32 Å². The van der Waals surface area contributed by atoms with Crippen LogP contribution in [0.3, 0.4) is 0 Å². The van der Waals surface area contributed by atoms with Crippen LogP contribution in [0.5, 0.6) is 0 Å². The lowest BCUT2D eigenvalue weighted by Crippen LogP contribution is -2.18. The highest BCUT2D eigenvalue weighted by molar-refractivity contribution is 5.63. The van der Waals surface area contributed by atoms with Crippen molar-refractivity contribution in [2.75, 3.05) is 25.1 Å². The molecule has 2 rings (SSSR count). The smallest absolute Gasteiger partial charge is 0.292 e. The average Bonchev–Trinajstić information content (AvgIpc) is 3.25. The zero-order valence-corrected chi connectivity index (χ0v) is 12.3. The zero-order valence-electron chi connectivity index (χ0n) is 12.3. The Morgan fingerprint density at radius 1 is 1.48 bits per heavy atom. The van der Waals surface area contributed by atoms with Crippen molar-refractivity contribution in [3.8, 4) is 0 Å². The Morgan fingerprint density at radius 2 is 2.24 bits per heavy atom. The van der Waals surface area contributed by atoms with E-state index in [0.717, 1.165) is 25.9 Å². The predicted molar refractivity (Wildman–Crippen MR) is 80.3 cm³/mol. The minimum atomic E-state index is -0.400. The van der Waals surface area contributed by atoms with Crippen molar-refractivity contribution in [1.29, 1.82) is 0 Å². The lowest BCUT2D eigenvalue weighted by molar-refractivity contribution is -0.384. The van der Waals surface area contributed by atoms with E-state index in [1.54, 1.807) is 12.1 Å². The molecule has 0 aliphatic heterocycles. The van der Waals surface area contributed by atoms with Crippen molar-refractivity contribution < 1.29 is 14.8 Å². The van der Waals surface area contributed by atoms with Gasteiger partial charge in [-0.25, -0.2) is 0 Å². The summed E-state index contributed by atoms with van der Waals surface area (Å²) in [6.07, 6.45) is 3.22. The van der Waals surface area contributed by atoms with Crippen LogP contribution in [-0.2, 0) is 11.3 Å². The number of nitrogens with zero attached hydrogens (tertiary/aromatic N) is 1. The highest BCUT2D eigenvalue weighted by Gasteiger charge is 2.42. The van der Waals surface area contributed by atoms with Crippen LogP contribution in [0.4, 0.5) is 11.4 Å². The lowest BCUT2D eigenvalue weighted by atomic mass is 10.0. The molecule has 1 saturated carbocycles. The molecule has 116 valence electrons. The van der Waals surface area contributed by atoms with Crippen LogP contribution in [-0.4, -0.2) is 29.8 Å². The minimum absolute atomic E-state index is 0.0489. The van der Waals surface area contributed by atoms with Gasteiger partial charge in [0.2, 0.25) is 0 Å². The standard InChI is InChI=1S/C15H22N2O4/c1-2-21-8-7-15(5-6-15)11-16-13-9-12(10-18)3-4-14(13)17(19)20/h3-4,9,16,18H,2,5-8,10-11H2,1H3. The van der Waals surface area contributed by atoms with E-state index in [0.29, 0.717) is 24.4 Å². The molecule has 1 aromatic carbocycles. The van der Waals surface area contributed by atoms with Crippen LogP contribution in [0.15, 0.2) is 18.2 Å². The molecule has 1 fully saturated rings. The molecule has 0 spiro atoms. The molecule has 0 unspecified atom stereocenters. The number of nitro benzene ring substituents is 1. The molecule has 0 atom stereocenters. The second kappa shape index (κ2) is 6.87. The fraction of sp³-hybridized carbons (Fsp3) is 0.600. The predicted octanol–water partition coefficient (Wildman–Crippen LogP) is 2.71. The van der Waals surface area contributed by atoms with Gasteiger partial charge in [-0.05, 0) is 49.3 Å². The SMILES string of the molecule is CCOCCC1(CNc2cc(CO)ccc2[N+](=O)[O-])CC1. The van der Waals surface area contributed by atoms with E-state index in [1.807, 2.05) is 6.92 Å². The van der Waals surface area contributed by atoms with Gasteiger partial charge in [-0.1, -0.05) is 0 Å². The van der Waals surface area contributed by atoms with Crippen LogP contribution in [0.2, 0.25) is 0 Å². The molecule has 1 aromatic rings. The van der Waals surface area contributed by atoms with Crippen molar-refractivity contribution >= 4 is 11.4 Å². The number of nitro groups is 1. The van der Waals surface area contributed by atoms with E-state index >= 15 is 0 Å². The molecule has 0 heterocycles. The summed E-state index contributed by atoms with van der Waals surface area (Å²) in [5, 5.41) is 23.4. The van der Waals surface area contributed by atoms with Gasteiger partial charge in [-0.2, -0.15) is 0 Å². The number of ether oxygens (including phenoxy) is 1. The van der Waals surface area contributed by atoms with Crippen molar-refractivity contribution in [2.45, 2.75) is 32.8 Å². The zero-order chi connectivity index (χ0) is 15.3. The topological polar surface area (TPSA) is 84.6 Å². The number of rotatable bonds is 9. The number of aliphatic hydroxyl groups is 1. The Morgan fingerprint density at radius 3 is 2.81 bits per heavy atom. The maximum absolute atomic E-state index is 11.1. The largest absolute Gasteiger partial charge is 0.392 e. The number of anilines is 1. The third kappa shape index (κ3) is 4.15. The van der Waals surface area contributed by atoms with Gasteiger partial charge in [0.1, 0.15) is 5.69 Å². The summed E-state index contributed by atoms with van der Waals surface area (Å²) in [7, 11) is 0. The van der Waals surface area contributed by atoms with Gasteiger partial charge in [-0.15, -0.1) is 0 Å². The minimum Gasteiger partial charge on any atom is -0.392 e. The first-order chi connectivity index (χ1) is 10.1. The molecule has 2 N–H and O–H groups in total. The number of hydrogen-bond donors (Lipinski definition) is 2. The summed E-state index contributed by atoms with van der Waals surface area (Å²) >= 11 is 0. The molecule has 6 heteroatoms. The van der Waals surface area contributed by atoms with E-state index in [4.69, 9.17) is 9.84 Å². The molecule has 0 bridgehead atoms. The van der Waals surface area contributed by atoms with Gasteiger partial charge in [0.25, 0.3) is 5.69 Å². The second-order valence-corrected chi connectivity index (χ2v) is 5.57. The molecular weight excluding hydrogens is 272 g/mol. The molecule has 0 aromatic heterocycles. The van der Waals surface area contributed by atoms with Gasteiger partial charge < -0.3 is 15.2 Å². The van der Waals surface area contributed by atoms with Crippen LogP contribution >= 0.6 is 0 Å². The summed E-state index contributed by atoms with van der Waals surface area (Å²) in [6.45, 7) is 4.00. The third-order valence-electron chi connectivity index (χ3n) is 4.03. The molecule has 0 amide bonds. The van der Waals surface area contributed by atoms with Gasteiger partial charge in [0.05, 0.1) is 11.5 Å². The summed E-state index contributed by atoms with van der Waals surface area (Å²) in [4.78, 5) is 10.7. The first kappa shape index (κ1) is 15.7. The van der Waals surface area contributed by atoms with E-state index in [1.165, 1.54) is 6.07 Å². The van der Waals surface area contributed by atoms with Crippen LogP contribution in [0.1, 0.15) is 31.7 Å². The van der Waals surface area contributed by atoms with Gasteiger partial charge >= 0.3 is 0 Å². The molecule has 21 heavy (non-hydrogen) atoms. The Hall–Kier alpha value is -1.66. The van der Waals surface area contributed by atoms with E-state index in [-0.39, 0.29) is 17.7 Å².